The van der Waals surface area contributed by atoms with Crippen LogP contribution >= 0.6 is 18.9 Å². The van der Waals surface area contributed by atoms with Gasteiger partial charge in [0.05, 0.1) is 23.8 Å². The van der Waals surface area contributed by atoms with Crippen LogP contribution in [-0.4, -0.2) is 18.5 Å². The molecule has 0 saturated heterocycles. The summed E-state index contributed by atoms with van der Waals surface area (Å²) in [7, 11) is -0.903. The van der Waals surface area contributed by atoms with Crippen molar-refractivity contribution in [1.29, 1.82) is 0 Å². The van der Waals surface area contributed by atoms with Crippen LogP contribution in [0, 0.1) is 0 Å². The van der Waals surface area contributed by atoms with Crippen molar-refractivity contribution in [3.63, 3.8) is 0 Å². The summed E-state index contributed by atoms with van der Waals surface area (Å²) < 4.78 is 0. The standard InChI is InChI=1S/C12H19ClP/c1-4-14(5-2,6-3)12-9-7-8-11(13)10-12/h7-10H,4-6H2,1-3H3/q+1. The maximum absolute atomic E-state index is 6.04. The van der Waals surface area contributed by atoms with E-state index in [2.05, 4.69) is 39.0 Å². The van der Waals surface area contributed by atoms with Gasteiger partial charge in [0, 0.05) is 12.3 Å². The minimum atomic E-state index is -0.903. The molecule has 2 heteroatoms. The van der Waals surface area contributed by atoms with Crippen molar-refractivity contribution >= 4 is 24.2 Å². The molecule has 0 bridgehead atoms. The molecule has 0 fully saturated rings. The molecular weight excluding hydrogens is 211 g/mol. The van der Waals surface area contributed by atoms with Gasteiger partial charge in [0.1, 0.15) is 0 Å². The lowest BCUT2D eigenvalue weighted by Gasteiger charge is -2.23. The Hall–Kier alpha value is -0.0600. The van der Waals surface area contributed by atoms with Crippen LogP contribution in [0.4, 0.5) is 0 Å². The number of rotatable bonds is 4. The van der Waals surface area contributed by atoms with E-state index in [0.717, 1.165) is 5.02 Å². The molecule has 0 aromatic heterocycles. The highest BCUT2D eigenvalue weighted by atomic mass is 35.5. The molecule has 1 rings (SSSR count). The average molecular weight is 230 g/mol. The van der Waals surface area contributed by atoms with Crippen LogP contribution in [0.15, 0.2) is 24.3 Å². The van der Waals surface area contributed by atoms with Crippen LogP contribution in [-0.2, 0) is 0 Å². The zero-order valence-corrected chi connectivity index (χ0v) is 10.9. The number of hydrogen-bond donors (Lipinski definition) is 0. The molecule has 78 valence electrons. The first-order valence-corrected chi connectivity index (χ1v) is 8.03. The normalized spacial score (nSPS) is 11.7. The van der Waals surface area contributed by atoms with Crippen molar-refractivity contribution in [2.45, 2.75) is 20.8 Å². The van der Waals surface area contributed by atoms with Gasteiger partial charge in [-0.05, 0) is 39.0 Å². The predicted molar refractivity (Wildman–Crippen MR) is 69.6 cm³/mol. The second kappa shape index (κ2) is 5.14. The van der Waals surface area contributed by atoms with Crippen LogP contribution in [0.1, 0.15) is 20.8 Å². The highest BCUT2D eigenvalue weighted by Gasteiger charge is 2.33. The van der Waals surface area contributed by atoms with E-state index >= 15 is 0 Å². The Morgan fingerprint density at radius 1 is 1.07 bits per heavy atom. The molecule has 0 aliphatic heterocycles. The smallest absolute Gasteiger partial charge is 0.0842 e. The van der Waals surface area contributed by atoms with Crippen molar-refractivity contribution in [1.82, 2.24) is 0 Å². The summed E-state index contributed by atoms with van der Waals surface area (Å²) >= 11 is 6.04. The highest BCUT2D eigenvalue weighted by molar-refractivity contribution is 7.82. The zero-order chi connectivity index (χ0) is 10.6. The van der Waals surface area contributed by atoms with Crippen LogP contribution in [0.3, 0.4) is 0 Å². The molecule has 0 heterocycles. The Morgan fingerprint density at radius 2 is 1.64 bits per heavy atom. The zero-order valence-electron chi connectivity index (χ0n) is 9.26. The lowest BCUT2D eigenvalue weighted by molar-refractivity contribution is 1.32. The van der Waals surface area contributed by atoms with Crippen molar-refractivity contribution in [3.05, 3.63) is 29.3 Å². The first-order valence-electron chi connectivity index (χ1n) is 5.30. The minimum absolute atomic E-state index is 0.877. The molecule has 1 aromatic rings. The van der Waals surface area contributed by atoms with E-state index in [4.69, 9.17) is 11.6 Å². The molecule has 0 saturated carbocycles. The second-order valence-corrected chi connectivity index (χ2v) is 8.71. The fraction of sp³-hybridized carbons (Fsp3) is 0.500. The van der Waals surface area contributed by atoms with Crippen molar-refractivity contribution in [3.8, 4) is 0 Å². The third-order valence-corrected chi connectivity index (χ3v) is 8.41. The molecule has 0 N–H and O–H groups in total. The molecule has 14 heavy (non-hydrogen) atoms. The van der Waals surface area contributed by atoms with Crippen LogP contribution in [0.25, 0.3) is 0 Å². The lowest BCUT2D eigenvalue weighted by Crippen LogP contribution is -2.17. The monoisotopic (exact) mass is 229 g/mol. The Morgan fingerprint density at radius 3 is 2.07 bits per heavy atom. The number of halogens is 1. The van der Waals surface area contributed by atoms with Gasteiger partial charge in [-0.3, -0.25) is 0 Å². The topological polar surface area (TPSA) is 0 Å². The van der Waals surface area contributed by atoms with Crippen molar-refractivity contribution in [2.24, 2.45) is 0 Å². The average Bonchev–Trinajstić information content (AvgIpc) is 2.22. The van der Waals surface area contributed by atoms with Gasteiger partial charge < -0.3 is 0 Å². The summed E-state index contributed by atoms with van der Waals surface area (Å²) in [6, 6.07) is 8.44. The summed E-state index contributed by atoms with van der Waals surface area (Å²) in [5, 5.41) is 2.37. The van der Waals surface area contributed by atoms with E-state index in [1.54, 1.807) is 0 Å². The molecule has 0 unspecified atom stereocenters. The molecule has 0 radical (unpaired) electrons. The van der Waals surface area contributed by atoms with Crippen molar-refractivity contribution in [2.75, 3.05) is 18.5 Å². The maximum Gasteiger partial charge on any atom is 0.0953 e. The molecule has 0 nitrogen and oxygen atoms in total. The Kier molecular flexibility index (Phi) is 4.41. The third-order valence-electron chi connectivity index (χ3n) is 3.17. The van der Waals surface area contributed by atoms with Crippen LogP contribution < -0.4 is 5.30 Å². The first-order chi connectivity index (χ1) is 6.68. The van der Waals surface area contributed by atoms with Gasteiger partial charge in [-0.25, -0.2) is 0 Å². The van der Waals surface area contributed by atoms with Crippen molar-refractivity contribution < 1.29 is 0 Å². The fourth-order valence-corrected chi connectivity index (χ4v) is 5.51. The summed E-state index contributed by atoms with van der Waals surface area (Å²) in [5.41, 5.74) is 0. The summed E-state index contributed by atoms with van der Waals surface area (Å²) in [6.45, 7) is 6.92. The quantitative estimate of drug-likeness (QED) is 0.684. The Bertz CT molecular complexity index is 284. The molecule has 0 atom stereocenters. The highest BCUT2D eigenvalue weighted by Crippen LogP contribution is 2.56. The van der Waals surface area contributed by atoms with Gasteiger partial charge in [0.25, 0.3) is 0 Å². The molecule has 0 aliphatic carbocycles. The molecule has 1 aromatic carbocycles. The first kappa shape index (κ1) is 12.0. The van der Waals surface area contributed by atoms with Gasteiger partial charge in [0.2, 0.25) is 0 Å². The van der Waals surface area contributed by atoms with Crippen LogP contribution in [0.2, 0.25) is 5.02 Å². The van der Waals surface area contributed by atoms with E-state index in [-0.39, 0.29) is 0 Å². The Labute approximate surface area is 93.0 Å². The lowest BCUT2D eigenvalue weighted by atomic mass is 10.4. The van der Waals surface area contributed by atoms with Crippen LogP contribution in [0.5, 0.6) is 0 Å². The van der Waals surface area contributed by atoms with E-state index < -0.39 is 7.26 Å². The molecule has 0 aliphatic rings. The van der Waals surface area contributed by atoms with Gasteiger partial charge >= 0.3 is 0 Å². The van der Waals surface area contributed by atoms with E-state index in [1.807, 2.05) is 6.07 Å². The van der Waals surface area contributed by atoms with Gasteiger partial charge in [-0.1, -0.05) is 17.7 Å². The molecule has 0 amide bonds. The summed E-state index contributed by atoms with van der Waals surface area (Å²) in [5.74, 6) is 0. The number of hydrogen-bond acceptors (Lipinski definition) is 0. The molecular formula is C12H19ClP+. The van der Waals surface area contributed by atoms with E-state index in [9.17, 15) is 0 Å². The predicted octanol–water partition coefficient (Wildman–Crippen LogP) is 4.04. The number of benzene rings is 1. The second-order valence-electron chi connectivity index (χ2n) is 3.57. The molecule has 0 spiro atoms. The SMILES string of the molecule is CC[P+](CC)(CC)c1cccc(Cl)c1. The fourth-order valence-electron chi connectivity index (χ4n) is 1.99. The summed E-state index contributed by atoms with van der Waals surface area (Å²) in [4.78, 5) is 0. The summed E-state index contributed by atoms with van der Waals surface area (Å²) in [6.07, 6.45) is 3.88. The van der Waals surface area contributed by atoms with E-state index in [0.29, 0.717) is 0 Å². The largest absolute Gasteiger partial charge is 0.0953 e. The minimum Gasteiger partial charge on any atom is -0.0842 e. The maximum atomic E-state index is 6.04. The third kappa shape index (κ3) is 2.30. The van der Waals surface area contributed by atoms with Gasteiger partial charge in [-0.15, -0.1) is 0 Å². The van der Waals surface area contributed by atoms with E-state index in [1.165, 1.54) is 23.8 Å². The Balaban J connectivity index is 3.10. The van der Waals surface area contributed by atoms with Gasteiger partial charge in [-0.2, -0.15) is 0 Å². The van der Waals surface area contributed by atoms with Gasteiger partial charge in [0.15, 0.2) is 0 Å².